The Balaban J connectivity index is 2.93. The van der Waals surface area contributed by atoms with Crippen molar-refractivity contribution in [3.63, 3.8) is 0 Å². The monoisotopic (exact) mass is 280 g/mol. The first-order valence-electron chi connectivity index (χ1n) is 5.70. The molecular formula is C10H20N2O3S2. The van der Waals surface area contributed by atoms with Gasteiger partial charge in [0.05, 0.1) is 17.1 Å². The largest absolute Gasteiger partial charge is 0.392 e. The highest BCUT2D eigenvalue weighted by molar-refractivity contribution is 7.92. The molecule has 0 amide bonds. The molecule has 1 rings (SSSR count). The summed E-state index contributed by atoms with van der Waals surface area (Å²) in [5.74, 6) is 0. The van der Waals surface area contributed by atoms with Gasteiger partial charge < -0.3 is 10.5 Å². The van der Waals surface area contributed by atoms with Gasteiger partial charge in [-0.15, -0.1) is 0 Å². The molecule has 1 heterocycles. The quantitative estimate of drug-likeness (QED) is 0.742. The first kappa shape index (κ1) is 14.8. The summed E-state index contributed by atoms with van der Waals surface area (Å²) in [5.41, 5.74) is 5.50. The number of nitrogens with two attached hydrogens (primary N) is 1. The molecule has 1 aliphatic heterocycles. The topological polar surface area (TPSA) is 72.6 Å². The zero-order valence-electron chi connectivity index (χ0n) is 10.4. The highest BCUT2D eigenvalue weighted by Gasteiger charge is 2.38. The number of thiocarbonyl (C=S) groups is 1. The van der Waals surface area contributed by atoms with Crippen LogP contribution in [-0.4, -0.2) is 48.8 Å². The van der Waals surface area contributed by atoms with Gasteiger partial charge >= 0.3 is 0 Å². The third kappa shape index (κ3) is 2.96. The van der Waals surface area contributed by atoms with Gasteiger partial charge in [-0.3, -0.25) is 0 Å². The molecule has 0 radical (unpaired) electrons. The van der Waals surface area contributed by atoms with Crippen molar-refractivity contribution in [1.82, 2.24) is 4.31 Å². The standard InChI is InChI=1S/C10H20N2O3S2/c1-4-9(10(11)16)17(13,14)12(3)8-5-6-15-7(8)2/h7-9H,4-6H2,1-3H3,(H2,11,16). The average molecular weight is 280 g/mol. The van der Waals surface area contributed by atoms with Crippen LogP contribution in [0, 0.1) is 0 Å². The van der Waals surface area contributed by atoms with E-state index in [1.165, 1.54) is 4.31 Å². The molecule has 0 aromatic carbocycles. The molecule has 100 valence electrons. The minimum Gasteiger partial charge on any atom is -0.392 e. The van der Waals surface area contributed by atoms with Crippen molar-refractivity contribution >= 4 is 27.2 Å². The third-order valence-corrected chi connectivity index (χ3v) is 6.07. The Morgan fingerprint density at radius 3 is 2.59 bits per heavy atom. The van der Waals surface area contributed by atoms with Gasteiger partial charge in [0.2, 0.25) is 10.0 Å². The second kappa shape index (κ2) is 5.60. The average Bonchev–Trinajstić information content (AvgIpc) is 2.63. The lowest BCUT2D eigenvalue weighted by molar-refractivity contribution is 0.102. The molecule has 0 aromatic rings. The van der Waals surface area contributed by atoms with E-state index in [0.29, 0.717) is 19.4 Å². The van der Waals surface area contributed by atoms with Crippen LogP contribution in [0.4, 0.5) is 0 Å². The summed E-state index contributed by atoms with van der Waals surface area (Å²) >= 11 is 4.83. The van der Waals surface area contributed by atoms with Crippen LogP contribution in [0.15, 0.2) is 0 Å². The zero-order chi connectivity index (χ0) is 13.2. The molecule has 0 bridgehead atoms. The van der Waals surface area contributed by atoms with E-state index < -0.39 is 15.3 Å². The Morgan fingerprint density at radius 2 is 2.24 bits per heavy atom. The van der Waals surface area contributed by atoms with Crippen molar-refractivity contribution < 1.29 is 13.2 Å². The van der Waals surface area contributed by atoms with E-state index in [0.717, 1.165) is 0 Å². The Kier molecular flexibility index (Phi) is 4.88. The normalized spacial score (nSPS) is 27.3. The van der Waals surface area contributed by atoms with Crippen molar-refractivity contribution in [3.8, 4) is 0 Å². The first-order valence-corrected chi connectivity index (χ1v) is 7.61. The van der Waals surface area contributed by atoms with Crippen molar-refractivity contribution in [3.05, 3.63) is 0 Å². The minimum absolute atomic E-state index is 0.0333. The maximum Gasteiger partial charge on any atom is 0.223 e. The van der Waals surface area contributed by atoms with E-state index in [-0.39, 0.29) is 17.1 Å². The molecular weight excluding hydrogens is 260 g/mol. The van der Waals surface area contributed by atoms with E-state index in [2.05, 4.69) is 0 Å². The number of hydrogen-bond donors (Lipinski definition) is 1. The molecule has 2 N–H and O–H groups in total. The molecule has 0 saturated carbocycles. The Bertz CT molecular complexity index is 383. The molecule has 17 heavy (non-hydrogen) atoms. The maximum atomic E-state index is 12.3. The molecule has 5 nitrogen and oxygen atoms in total. The number of likely N-dealkylation sites (N-methyl/N-ethyl adjacent to an activating group) is 1. The van der Waals surface area contributed by atoms with Gasteiger partial charge in [-0.25, -0.2) is 8.42 Å². The summed E-state index contributed by atoms with van der Waals surface area (Å²) in [5, 5.41) is -0.782. The maximum absolute atomic E-state index is 12.3. The molecule has 1 fully saturated rings. The molecule has 1 saturated heterocycles. The van der Waals surface area contributed by atoms with Crippen LogP contribution in [0.2, 0.25) is 0 Å². The van der Waals surface area contributed by atoms with Gasteiger partial charge in [-0.1, -0.05) is 19.1 Å². The lowest BCUT2D eigenvalue weighted by Crippen LogP contribution is -2.48. The third-order valence-electron chi connectivity index (χ3n) is 3.25. The van der Waals surface area contributed by atoms with Crippen LogP contribution in [0.25, 0.3) is 0 Å². The number of ether oxygens (including phenoxy) is 1. The van der Waals surface area contributed by atoms with Gasteiger partial charge in [0.1, 0.15) is 5.25 Å². The number of hydrogen-bond acceptors (Lipinski definition) is 4. The highest BCUT2D eigenvalue weighted by atomic mass is 32.2. The summed E-state index contributed by atoms with van der Waals surface area (Å²) in [6.07, 6.45) is 1.02. The van der Waals surface area contributed by atoms with Crippen molar-refractivity contribution in [2.75, 3.05) is 13.7 Å². The summed E-state index contributed by atoms with van der Waals surface area (Å²) in [7, 11) is -1.90. The molecule has 7 heteroatoms. The fourth-order valence-corrected chi connectivity index (χ4v) is 4.45. The zero-order valence-corrected chi connectivity index (χ0v) is 12.1. The van der Waals surface area contributed by atoms with Gasteiger partial charge in [0.15, 0.2) is 0 Å². The fraction of sp³-hybridized carbons (Fsp3) is 0.900. The van der Waals surface area contributed by atoms with E-state index in [4.69, 9.17) is 22.7 Å². The van der Waals surface area contributed by atoms with Crippen LogP contribution in [0.5, 0.6) is 0 Å². The minimum atomic E-state index is -3.48. The Labute approximate surface area is 108 Å². The SMILES string of the molecule is CCC(C(N)=S)S(=O)(=O)N(C)C1CCOC1C. The first-order chi connectivity index (χ1) is 7.82. The van der Waals surface area contributed by atoms with Crippen LogP contribution in [0.3, 0.4) is 0 Å². The van der Waals surface area contributed by atoms with Crippen LogP contribution in [0.1, 0.15) is 26.7 Å². The van der Waals surface area contributed by atoms with Gasteiger partial charge in [-0.05, 0) is 19.8 Å². The van der Waals surface area contributed by atoms with Gasteiger partial charge in [0.25, 0.3) is 0 Å². The second-order valence-electron chi connectivity index (χ2n) is 4.29. The predicted octanol–water partition coefficient (Wildman–Crippen LogP) is 0.490. The fourth-order valence-electron chi connectivity index (χ4n) is 2.15. The molecule has 3 unspecified atom stereocenters. The van der Waals surface area contributed by atoms with E-state index in [1.807, 2.05) is 6.92 Å². The predicted molar refractivity (Wildman–Crippen MR) is 71.4 cm³/mol. The summed E-state index contributed by atoms with van der Waals surface area (Å²) in [4.78, 5) is 0.0333. The van der Waals surface area contributed by atoms with Crippen LogP contribution in [-0.2, 0) is 14.8 Å². The molecule has 0 aliphatic carbocycles. The van der Waals surface area contributed by atoms with Gasteiger partial charge in [0, 0.05) is 13.7 Å². The molecule has 1 aliphatic rings. The van der Waals surface area contributed by atoms with Crippen LogP contribution < -0.4 is 5.73 Å². The van der Waals surface area contributed by atoms with E-state index in [9.17, 15) is 8.42 Å². The molecule has 0 aromatic heterocycles. The second-order valence-corrected chi connectivity index (χ2v) is 6.94. The van der Waals surface area contributed by atoms with Crippen molar-refractivity contribution in [2.45, 2.75) is 44.1 Å². The van der Waals surface area contributed by atoms with Crippen molar-refractivity contribution in [2.24, 2.45) is 5.73 Å². The highest BCUT2D eigenvalue weighted by Crippen LogP contribution is 2.23. The number of sulfonamides is 1. The number of nitrogens with zero attached hydrogens (tertiary/aromatic N) is 1. The van der Waals surface area contributed by atoms with Gasteiger partial charge in [-0.2, -0.15) is 4.31 Å². The summed E-state index contributed by atoms with van der Waals surface area (Å²) in [6.45, 7) is 4.24. The van der Waals surface area contributed by atoms with E-state index >= 15 is 0 Å². The Morgan fingerprint density at radius 1 is 1.65 bits per heavy atom. The molecule has 3 atom stereocenters. The van der Waals surface area contributed by atoms with E-state index in [1.54, 1.807) is 14.0 Å². The summed E-state index contributed by atoms with van der Waals surface area (Å²) < 4.78 is 31.4. The molecule has 0 spiro atoms. The Hall–Kier alpha value is -0.240. The summed E-state index contributed by atoms with van der Waals surface area (Å²) in [6, 6.07) is -0.122. The van der Waals surface area contributed by atoms with Crippen LogP contribution >= 0.6 is 12.2 Å². The van der Waals surface area contributed by atoms with Crippen molar-refractivity contribution in [1.29, 1.82) is 0 Å². The lowest BCUT2D eigenvalue weighted by Gasteiger charge is -2.29. The smallest absolute Gasteiger partial charge is 0.223 e. The number of rotatable bonds is 5. The lowest BCUT2D eigenvalue weighted by atomic mass is 10.2.